The standard InChI is InChI=1S/C24H20FN3O/c1-27-21-8-3-2-7-20(21)26-22(27)13-14-28-15-17-5-4-6-19(23(17)24(28)29)16-9-11-18(25)12-10-16/h2-12H,13-15H2,1H3. The number of rotatable bonds is 4. The second-order valence-electron chi connectivity index (χ2n) is 7.40. The van der Waals surface area contributed by atoms with Crippen LogP contribution in [0, 0.1) is 5.82 Å². The average Bonchev–Trinajstić information content (AvgIpc) is 3.24. The molecular formula is C24H20FN3O. The van der Waals surface area contributed by atoms with Crippen LogP contribution in [-0.2, 0) is 20.0 Å². The molecule has 5 rings (SSSR count). The van der Waals surface area contributed by atoms with Gasteiger partial charge in [0, 0.05) is 26.6 Å². The second kappa shape index (κ2) is 6.85. The fourth-order valence-corrected chi connectivity index (χ4v) is 4.12. The molecule has 144 valence electrons. The number of aromatic nitrogens is 2. The van der Waals surface area contributed by atoms with E-state index in [1.165, 1.54) is 12.1 Å². The predicted molar refractivity (Wildman–Crippen MR) is 111 cm³/mol. The van der Waals surface area contributed by atoms with Gasteiger partial charge in [0.05, 0.1) is 16.6 Å². The summed E-state index contributed by atoms with van der Waals surface area (Å²) in [5, 5.41) is 0. The first-order chi connectivity index (χ1) is 14.1. The van der Waals surface area contributed by atoms with Gasteiger partial charge >= 0.3 is 0 Å². The molecule has 1 amide bonds. The number of nitrogens with zero attached hydrogens (tertiary/aromatic N) is 3. The molecule has 0 radical (unpaired) electrons. The van der Waals surface area contributed by atoms with Crippen molar-refractivity contribution in [2.24, 2.45) is 7.05 Å². The average molecular weight is 385 g/mol. The number of carbonyl (C=O) groups excluding carboxylic acids is 1. The van der Waals surface area contributed by atoms with Crippen molar-refractivity contribution in [2.45, 2.75) is 13.0 Å². The highest BCUT2D eigenvalue weighted by Gasteiger charge is 2.30. The van der Waals surface area contributed by atoms with E-state index in [2.05, 4.69) is 10.6 Å². The van der Waals surface area contributed by atoms with Gasteiger partial charge < -0.3 is 9.47 Å². The smallest absolute Gasteiger partial charge is 0.255 e. The van der Waals surface area contributed by atoms with Gasteiger partial charge in [0.2, 0.25) is 0 Å². The van der Waals surface area contributed by atoms with Crippen LogP contribution in [0.3, 0.4) is 0 Å². The summed E-state index contributed by atoms with van der Waals surface area (Å²) in [5.74, 6) is 0.712. The summed E-state index contributed by atoms with van der Waals surface area (Å²) in [4.78, 5) is 19.7. The van der Waals surface area contributed by atoms with Crippen LogP contribution in [0.5, 0.6) is 0 Å². The van der Waals surface area contributed by atoms with Gasteiger partial charge in [-0.05, 0) is 41.0 Å². The molecule has 1 aliphatic rings. The van der Waals surface area contributed by atoms with Crippen LogP contribution in [0.4, 0.5) is 4.39 Å². The molecule has 1 aliphatic heterocycles. The molecule has 2 heterocycles. The Hall–Kier alpha value is -3.47. The maximum absolute atomic E-state index is 13.3. The van der Waals surface area contributed by atoms with Gasteiger partial charge in [0.25, 0.3) is 5.91 Å². The topological polar surface area (TPSA) is 38.1 Å². The summed E-state index contributed by atoms with van der Waals surface area (Å²) in [6.07, 6.45) is 0.691. The Balaban J connectivity index is 1.40. The Labute approximate surface area is 168 Å². The first kappa shape index (κ1) is 17.6. The Bertz CT molecular complexity index is 1230. The molecule has 3 aromatic carbocycles. The predicted octanol–water partition coefficient (Wildman–Crippen LogP) is 4.58. The monoisotopic (exact) mass is 385 g/mol. The van der Waals surface area contributed by atoms with Crippen molar-refractivity contribution in [3.63, 3.8) is 0 Å². The number of carbonyl (C=O) groups is 1. The first-order valence-electron chi connectivity index (χ1n) is 9.69. The van der Waals surface area contributed by atoms with Crippen molar-refractivity contribution in [3.05, 3.63) is 89.5 Å². The van der Waals surface area contributed by atoms with Crippen LogP contribution in [0.25, 0.3) is 22.2 Å². The molecule has 0 fully saturated rings. The Morgan fingerprint density at radius 3 is 2.59 bits per heavy atom. The van der Waals surface area contributed by atoms with Crippen molar-refractivity contribution in [3.8, 4) is 11.1 Å². The molecule has 1 aromatic heterocycles. The molecule has 0 bridgehead atoms. The zero-order valence-corrected chi connectivity index (χ0v) is 16.1. The highest BCUT2D eigenvalue weighted by Crippen LogP contribution is 2.33. The Morgan fingerprint density at radius 1 is 1.00 bits per heavy atom. The largest absolute Gasteiger partial charge is 0.334 e. The van der Waals surface area contributed by atoms with E-state index >= 15 is 0 Å². The molecule has 5 heteroatoms. The maximum Gasteiger partial charge on any atom is 0.255 e. The number of fused-ring (bicyclic) bond motifs is 2. The number of aryl methyl sites for hydroxylation is 1. The minimum atomic E-state index is -0.281. The van der Waals surface area contributed by atoms with E-state index in [0.717, 1.165) is 39.1 Å². The van der Waals surface area contributed by atoms with Gasteiger partial charge in [-0.15, -0.1) is 0 Å². The zero-order valence-electron chi connectivity index (χ0n) is 16.1. The summed E-state index contributed by atoms with van der Waals surface area (Å²) >= 11 is 0. The van der Waals surface area contributed by atoms with Crippen LogP contribution in [0.1, 0.15) is 21.7 Å². The number of halogens is 1. The minimum Gasteiger partial charge on any atom is -0.334 e. The number of benzene rings is 3. The molecule has 29 heavy (non-hydrogen) atoms. The molecule has 0 atom stereocenters. The number of para-hydroxylation sites is 2. The van der Waals surface area contributed by atoms with Gasteiger partial charge in [-0.25, -0.2) is 9.37 Å². The number of hydrogen-bond acceptors (Lipinski definition) is 2. The molecule has 0 saturated carbocycles. The zero-order chi connectivity index (χ0) is 20.0. The quantitative estimate of drug-likeness (QED) is 0.516. The number of imidazole rings is 1. The lowest BCUT2D eigenvalue weighted by Gasteiger charge is -2.15. The first-order valence-corrected chi connectivity index (χ1v) is 9.69. The third-order valence-corrected chi connectivity index (χ3v) is 5.65. The van der Waals surface area contributed by atoms with Crippen LogP contribution >= 0.6 is 0 Å². The fraction of sp³-hybridized carbons (Fsp3) is 0.167. The van der Waals surface area contributed by atoms with Crippen molar-refractivity contribution >= 4 is 16.9 Å². The highest BCUT2D eigenvalue weighted by molar-refractivity contribution is 6.04. The van der Waals surface area contributed by atoms with E-state index < -0.39 is 0 Å². The van der Waals surface area contributed by atoms with Crippen LogP contribution < -0.4 is 0 Å². The van der Waals surface area contributed by atoms with Gasteiger partial charge in [0.15, 0.2) is 0 Å². The van der Waals surface area contributed by atoms with E-state index in [-0.39, 0.29) is 11.7 Å². The van der Waals surface area contributed by atoms with E-state index in [9.17, 15) is 9.18 Å². The van der Waals surface area contributed by atoms with Gasteiger partial charge in [-0.1, -0.05) is 42.5 Å². The van der Waals surface area contributed by atoms with Gasteiger partial charge in [-0.3, -0.25) is 4.79 Å². The fourth-order valence-electron chi connectivity index (χ4n) is 4.12. The highest BCUT2D eigenvalue weighted by atomic mass is 19.1. The van der Waals surface area contributed by atoms with Gasteiger partial charge in [-0.2, -0.15) is 0 Å². The molecule has 0 N–H and O–H groups in total. The van der Waals surface area contributed by atoms with E-state index in [1.807, 2.05) is 48.3 Å². The van der Waals surface area contributed by atoms with E-state index in [4.69, 9.17) is 4.98 Å². The van der Waals surface area contributed by atoms with Crippen molar-refractivity contribution in [1.29, 1.82) is 0 Å². The summed E-state index contributed by atoms with van der Waals surface area (Å²) in [7, 11) is 2.01. The van der Waals surface area contributed by atoms with Crippen molar-refractivity contribution in [2.75, 3.05) is 6.54 Å². The second-order valence-corrected chi connectivity index (χ2v) is 7.40. The summed E-state index contributed by atoms with van der Waals surface area (Å²) in [6.45, 7) is 1.20. The third kappa shape index (κ3) is 2.99. The molecule has 0 saturated heterocycles. The number of hydrogen-bond donors (Lipinski definition) is 0. The molecule has 0 unspecified atom stereocenters. The lowest BCUT2D eigenvalue weighted by molar-refractivity contribution is 0.0780. The summed E-state index contributed by atoms with van der Waals surface area (Å²) in [5.41, 5.74) is 5.52. The summed E-state index contributed by atoms with van der Waals surface area (Å²) in [6, 6.07) is 20.2. The number of amides is 1. The lowest BCUT2D eigenvalue weighted by Crippen LogP contribution is -2.27. The molecule has 0 spiro atoms. The van der Waals surface area contributed by atoms with Crippen LogP contribution in [-0.4, -0.2) is 26.9 Å². The molecular weight excluding hydrogens is 365 g/mol. The SMILES string of the molecule is Cn1c(CCN2Cc3cccc(-c4ccc(F)cc4)c3C2=O)nc2ccccc21. The van der Waals surface area contributed by atoms with E-state index in [0.29, 0.717) is 19.5 Å². The minimum absolute atomic E-state index is 0.0266. The van der Waals surface area contributed by atoms with Gasteiger partial charge in [0.1, 0.15) is 11.6 Å². The normalized spacial score (nSPS) is 13.3. The van der Waals surface area contributed by atoms with Crippen molar-refractivity contribution in [1.82, 2.24) is 14.5 Å². The van der Waals surface area contributed by atoms with E-state index in [1.54, 1.807) is 12.1 Å². The Morgan fingerprint density at radius 2 is 1.79 bits per heavy atom. The lowest BCUT2D eigenvalue weighted by atomic mass is 9.97. The van der Waals surface area contributed by atoms with Crippen molar-refractivity contribution < 1.29 is 9.18 Å². The van der Waals surface area contributed by atoms with Crippen LogP contribution in [0.15, 0.2) is 66.7 Å². The Kier molecular flexibility index (Phi) is 4.16. The molecule has 4 aromatic rings. The van der Waals surface area contributed by atoms with Crippen LogP contribution in [0.2, 0.25) is 0 Å². The molecule has 4 nitrogen and oxygen atoms in total. The summed E-state index contributed by atoms with van der Waals surface area (Å²) < 4.78 is 15.4. The maximum atomic E-state index is 13.3. The third-order valence-electron chi connectivity index (χ3n) is 5.65. The molecule has 0 aliphatic carbocycles.